The highest BCUT2D eigenvalue weighted by molar-refractivity contribution is 9.10. The molecule has 0 unspecified atom stereocenters. The minimum absolute atomic E-state index is 0.0405. The summed E-state index contributed by atoms with van der Waals surface area (Å²) in [6.07, 6.45) is -0.430. The van der Waals surface area contributed by atoms with Crippen LogP contribution >= 0.6 is 15.9 Å². The molecule has 1 atom stereocenters. The van der Waals surface area contributed by atoms with Gasteiger partial charge in [0, 0.05) is 55.3 Å². The van der Waals surface area contributed by atoms with Crippen molar-refractivity contribution < 1.29 is 32.3 Å². The molecule has 4 aliphatic heterocycles. The Balaban J connectivity index is 1.09. The lowest BCUT2D eigenvalue weighted by Crippen LogP contribution is -2.52. The Morgan fingerprint density at radius 1 is 0.898 bits per heavy atom. The number of ether oxygens (including phenoxy) is 1. The van der Waals surface area contributed by atoms with Crippen LogP contribution in [0.25, 0.3) is 0 Å². The van der Waals surface area contributed by atoms with E-state index in [1.54, 1.807) is 9.80 Å². The van der Waals surface area contributed by atoms with E-state index in [9.17, 15) is 27.6 Å². The molecule has 4 amide bonds. The Bertz CT molecular complexity index is 1500. The van der Waals surface area contributed by atoms with Gasteiger partial charge in [-0.1, -0.05) is 40.2 Å². The number of anilines is 1. The first-order valence-electron chi connectivity index (χ1n) is 17.4. The fourth-order valence-electron chi connectivity index (χ4n) is 7.90. The van der Waals surface area contributed by atoms with Gasteiger partial charge in [-0.05, 0) is 106 Å². The lowest BCUT2D eigenvalue weighted by Gasteiger charge is -2.40. The van der Waals surface area contributed by atoms with Crippen LogP contribution in [0.4, 0.5) is 28.4 Å². The number of carbonyl (C=O) groups is 3. The first kappa shape index (κ1) is 35.5. The van der Waals surface area contributed by atoms with E-state index >= 15 is 0 Å². The van der Waals surface area contributed by atoms with E-state index in [1.807, 2.05) is 29.2 Å². The van der Waals surface area contributed by atoms with Gasteiger partial charge < -0.3 is 29.7 Å². The Morgan fingerprint density at radius 2 is 1.53 bits per heavy atom. The molecule has 2 aromatic carbocycles. The molecule has 6 rings (SSSR count). The highest BCUT2D eigenvalue weighted by Crippen LogP contribution is 2.36. The van der Waals surface area contributed by atoms with Crippen molar-refractivity contribution in [2.45, 2.75) is 69.7 Å². The van der Waals surface area contributed by atoms with E-state index in [1.165, 1.54) is 12.1 Å². The van der Waals surface area contributed by atoms with Crippen molar-refractivity contribution in [3.63, 3.8) is 0 Å². The molecule has 0 aromatic heterocycles. The van der Waals surface area contributed by atoms with Gasteiger partial charge in [-0.25, -0.2) is 9.59 Å². The van der Waals surface area contributed by atoms with Crippen molar-refractivity contribution in [1.29, 1.82) is 0 Å². The summed E-state index contributed by atoms with van der Waals surface area (Å²) in [5.74, 6) is 0.874. The second kappa shape index (κ2) is 15.3. The number of nitrogens with one attached hydrogen (secondary N) is 1. The van der Waals surface area contributed by atoms with E-state index in [2.05, 4.69) is 33.2 Å². The van der Waals surface area contributed by atoms with Gasteiger partial charge >= 0.3 is 18.3 Å². The Hall–Kier alpha value is -3.32. The van der Waals surface area contributed by atoms with Crippen LogP contribution in [-0.2, 0) is 28.5 Å². The van der Waals surface area contributed by atoms with Crippen molar-refractivity contribution in [3.8, 4) is 0 Å². The molecule has 0 aliphatic carbocycles. The van der Waals surface area contributed by atoms with Gasteiger partial charge in [-0.3, -0.25) is 4.79 Å². The predicted octanol–water partition coefficient (Wildman–Crippen LogP) is 6.65. The number of fused-ring (bicyclic) bond motifs is 1. The minimum atomic E-state index is -4.53. The zero-order chi connectivity index (χ0) is 34.7. The number of carbonyl (C=O) groups excluding carboxylic acids is 3. The van der Waals surface area contributed by atoms with Crippen LogP contribution in [-0.4, -0.2) is 103 Å². The van der Waals surface area contributed by atoms with Crippen LogP contribution in [0, 0.1) is 11.8 Å². The number of benzene rings is 2. The maximum atomic E-state index is 14.0. The first-order valence-corrected chi connectivity index (χ1v) is 18.2. The van der Waals surface area contributed by atoms with Crippen LogP contribution in [0.1, 0.15) is 55.2 Å². The molecule has 266 valence electrons. The quantitative estimate of drug-likeness (QED) is 0.358. The second-order valence-corrected chi connectivity index (χ2v) is 14.8. The number of amides is 4. The molecule has 9 nitrogen and oxygen atoms in total. The van der Waals surface area contributed by atoms with Crippen molar-refractivity contribution in [1.82, 2.24) is 19.6 Å². The number of para-hydroxylation sites is 1. The number of hydrogen-bond acceptors (Lipinski definition) is 5. The summed E-state index contributed by atoms with van der Waals surface area (Å²) in [6, 6.07) is 11.2. The van der Waals surface area contributed by atoms with Gasteiger partial charge in [0.15, 0.2) is 6.10 Å². The summed E-state index contributed by atoms with van der Waals surface area (Å²) in [7, 11) is 2.14. The number of alkyl halides is 3. The van der Waals surface area contributed by atoms with Gasteiger partial charge in [0.1, 0.15) is 0 Å². The zero-order valence-corrected chi connectivity index (χ0v) is 29.5. The van der Waals surface area contributed by atoms with E-state index in [0.29, 0.717) is 63.0 Å². The standard InChI is InChI=1S/C36H45BrF3N5O4/c1-42-15-8-25(9-16-42)26-10-17-43(18-11-26)33(46)32(23-24-6-7-29(30(37)22-24)36(38,39)40)49-35(48)44-19-13-28(14-20-44)45-21-12-27-4-2-3-5-31(27)41-34(45)47/h2-7,22,25-26,28,32H,8-21,23H2,1H3,(H,41,47)/t32-/m1/s1. The van der Waals surface area contributed by atoms with Gasteiger partial charge in [0.25, 0.3) is 5.91 Å². The number of piperidine rings is 3. The number of halogens is 4. The molecule has 3 fully saturated rings. The number of hydrogen-bond donors (Lipinski definition) is 1. The molecule has 0 saturated carbocycles. The zero-order valence-electron chi connectivity index (χ0n) is 27.9. The normalized spacial score (nSPS) is 21.2. The monoisotopic (exact) mass is 747 g/mol. The molecule has 4 aliphatic rings. The summed E-state index contributed by atoms with van der Waals surface area (Å²) >= 11 is 3.04. The van der Waals surface area contributed by atoms with Crippen LogP contribution in [0.15, 0.2) is 46.9 Å². The Labute approximate surface area is 294 Å². The maximum Gasteiger partial charge on any atom is 0.417 e. The summed E-state index contributed by atoms with van der Waals surface area (Å²) in [4.78, 5) is 48.1. The topological polar surface area (TPSA) is 85.4 Å². The molecule has 1 N–H and O–H groups in total. The van der Waals surface area contributed by atoms with Gasteiger partial charge in [-0.2, -0.15) is 13.2 Å². The third-order valence-electron chi connectivity index (χ3n) is 10.9. The highest BCUT2D eigenvalue weighted by Gasteiger charge is 2.38. The van der Waals surface area contributed by atoms with Crippen LogP contribution in [0.3, 0.4) is 0 Å². The minimum Gasteiger partial charge on any atom is -0.436 e. The van der Waals surface area contributed by atoms with E-state index in [4.69, 9.17) is 4.74 Å². The first-order chi connectivity index (χ1) is 23.5. The second-order valence-electron chi connectivity index (χ2n) is 13.9. The molecule has 2 aromatic rings. The van der Waals surface area contributed by atoms with Crippen molar-refractivity contribution in [2.75, 3.05) is 58.2 Å². The van der Waals surface area contributed by atoms with Crippen molar-refractivity contribution >= 4 is 39.6 Å². The van der Waals surface area contributed by atoms with Gasteiger partial charge in [0.05, 0.1) is 5.56 Å². The lowest BCUT2D eigenvalue weighted by atomic mass is 9.79. The van der Waals surface area contributed by atoms with Crippen LogP contribution < -0.4 is 5.32 Å². The predicted molar refractivity (Wildman–Crippen MR) is 183 cm³/mol. The molecular weight excluding hydrogens is 703 g/mol. The average molecular weight is 749 g/mol. The fourth-order valence-corrected chi connectivity index (χ4v) is 8.55. The number of nitrogens with zero attached hydrogens (tertiary/aromatic N) is 4. The fraction of sp³-hybridized carbons (Fsp3) is 0.583. The maximum absolute atomic E-state index is 14.0. The molecule has 0 bridgehead atoms. The Kier molecular flexibility index (Phi) is 11.1. The molecule has 3 saturated heterocycles. The Morgan fingerprint density at radius 3 is 2.18 bits per heavy atom. The summed E-state index contributed by atoms with van der Waals surface area (Å²) < 4.78 is 46.1. The van der Waals surface area contributed by atoms with E-state index in [0.717, 1.165) is 62.5 Å². The summed E-state index contributed by atoms with van der Waals surface area (Å²) in [5.41, 5.74) is 1.55. The molecule has 13 heteroatoms. The van der Waals surface area contributed by atoms with Gasteiger partial charge in [-0.15, -0.1) is 0 Å². The third-order valence-corrected chi connectivity index (χ3v) is 11.5. The third kappa shape index (κ3) is 8.53. The van der Waals surface area contributed by atoms with Gasteiger partial charge in [0.2, 0.25) is 0 Å². The summed E-state index contributed by atoms with van der Waals surface area (Å²) in [6.45, 7) is 4.58. The SMILES string of the molecule is CN1CCC(C2CCN(C(=O)[C@@H](Cc3ccc(C(F)(F)F)c(Br)c3)OC(=O)N3CCC(N4CCc5ccccc5NC4=O)CC3)CC2)CC1. The highest BCUT2D eigenvalue weighted by atomic mass is 79.9. The molecule has 0 spiro atoms. The van der Waals surface area contributed by atoms with E-state index in [-0.39, 0.29) is 28.9 Å². The number of urea groups is 1. The summed E-state index contributed by atoms with van der Waals surface area (Å²) in [5, 5.41) is 3.01. The van der Waals surface area contributed by atoms with Crippen molar-refractivity contribution in [3.05, 3.63) is 63.6 Å². The average Bonchev–Trinajstić information content (AvgIpc) is 3.25. The van der Waals surface area contributed by atoms with Crippen molar-refractivity contribution in [2.24, 2.45) is 11.8 Å². The molecule has 0 radical (unpaired) electrons. The van der Waals surface area contributed by atoms with E-state index < -0.39 is 23.9 Å². The number of likely N-dealkylation sites (tertiary alicyclic amines) is 3. The number of rotatable bonds is 6. The lowest BCUT2D eigenvalue weighted by molar-refractivity contribution is -0.143. The van der Waals surface area contributed by atoms with Crippen LogP contribution in [0.5, 0.6) is 0 Å². The largest absolute Gasteiger partial charge is 0.436 e. The molecule has 4 heterocycles. The smallest absolute Gasteiger partial charge is 0.417 e. The van der Waals surface area contributed by atoms with Crippen LogP contribution in [0.2, 0.25) is 0 Å². The molecule has 49 heavy (non-hydrogen) atoms. The molecular formula is C36H45BrF3N5O4.